The Morgan fingerprint density at radius 3 is 2.25 bits per heavy atom. The molecule has 0 radical (unpaired) electrons. The molecule has 184 valence electrons. The molecule has 0 bridgehead atoms. The zero-order valence-electron chi connectivity index (χ0n) is 20.5. The molecule has 1 aromatic heterocycles. The first-order valence-corrected chi connectivity index (χ1v) is 11.3. The van der Waals surface area contributed by atoms with E-state index in [4.69, 9.17) is 9.47 Å². The largest absolute Gasteiger partial charge is 0.497 e. The Bertz CT molecular complexity index is 1430. The van der Waals surface area contributed by atoms with E-state index in [-0.39, 0.29) is 11.8 Å². The fourth-order valence-electron chi connectivity index (χ4n) is 3.57. The Balaban J connectivity index is 1.50. The van der Waals surface area contributed by atoms with Gasteiger partial charge in [0.1, 0.15) is 17.0 Å². The number of esters is 1. The van der Waals surface area contributed by atoms with Crippen molar-refractivity contribution >= 4 is 40.1 Å². The number of nitrogens with one attached hydrogen (secondary N) is 3. The van der Waals surface area contributed by atoms with Gasteiger partial charge in [-0.25, -0.2) is 4.79 Å². The molecule has 0 aliphatic heterocycles. The van der Waals surface area contributed by atoms with Crippen molar-refractivity contribution in [2.24, 2.45) is 0 Å². The van der Waals surface area contributed by atoms with Gasteiger partial charge in [-0.3, -0.25) is 9.59 Å². The molecule has 4 aromatic rings. The van der Waals surface area contributed by atoms with Gasteiger partial charge in [0.2, 0.25) is 0 Å². The smallest absolute Gasteiger partial charge is 0.355 e. The molecule has 0 saturated heterocycles. The molecule has 3 N–H and O–H groups in total. The molecule has 0 fully saturated rings. The summed E-state index contributed by atoms with van der Waals surface area (Å²) >= 11 is 0. The minimum atomic E-state index is -0.607. The third-order valence-electron chi connectivity index (χ3n) is 5.27. The Kier molecular flexibility index (Phi) is 6.78. The Hall–Kier alpha value is -4.59. The van der Waals surface area contributed by atoms with Crippen LogP contribution in [0.4, 0.5) is 11.4 Å². The molecule has 3 aromatic carbocycles. The monoisotopic (exact) mass is 485 g/mol. The number of hydrogen-bond donors (Lipinski definition) is 3. The highest BCUT2D eigenvalue weighted by atomic mass is 16.6. The summed E-state index contributed by atoms with van der Waals surface area (Å²) in [5.74, 6) is -0.548. The van der Waals surface area contributed by atoms with Gasteiger partial charge in [0.05, 0.1) is 18.4 Å². The summed E-state index contributed by atoms with van der Waals surface area (Å²) in [4.78, 5) is 41.2. The van der Waals surface area contributed by atoms with Gasteiger partial charge in [-0.05, 0) is 75.4 Å². The number of carbonyl (C=O) groups excluding carboxylic acids is 3. The summed E-state index contributed by atoms with van der Waals surface area (Å²) in [7, 11) is 1.55. The summed E-state index contributed by atoms with van der Waals surface area (Å²) in [6.45, 7) is 5.41. The van der Waals surface area contributed by atoms with Gasteiger partial charge in [0.25, 0.3) is 11.8 Å². The van der Waals surface area contributed by atoms with Crippen molar-refractivity contribution in [1.29, 1.82) is 0 Å². The van der Waals surface area contributed by atoms with Crippen LogP contribution in [0.5, 0.6) is 5.75 Å². The molecule has 4 rings (SSSR count). The topological polar surface area (TPSA) is 110 Å². The van der Waals surface area contributed by atoms with Gasteiger partial charge in [0.15, 0.2) is 0 Å². The number of rotatable bonds is 6. The lowest BCUT2D eigenvalue weighted by Gasteiger charge is -2.18. The van der Waals surface area contributed by atoms with E-state index in [9.17, 15) is 14.4 Å². The average Bonchev–Trinajstić information content (AvgIpc) is 3.27. The number of anilines is 2. The lowest BCUT2D eigenvalue weighted by Crippen LogP contribution is -2.24. The zero-order valence-corrected chi connectivity index (χ0v) is 20.5. The minimum absolute atomic E-state index is 0.306. The maximum atomic E-state index is 13.1. The number of benzene rings is 3. The second-order valence-electron chi connectivity index (χ2n) is 9.17. The first-order valence-electron chi connectivity index (χ1n) is 11.3. The molecule has 36 heavy (non-hydrogen) atoms. The fourth-order valence-corrected chi connectivity index (χ4v) is 3.57. The van der Waals surface area contributed by atoms with Crippen molar-refractivity contribution in [2.75, 3.05) is 17.7 Å². The van der Waals surface area contributed by atoms with Crippen LogP contribution in [0.15, 0.2) is 72.8 Å². The highest BCUT2D eigenvalue weighted by Crippen LogP contribution is 2.24. The van der Waals surface area contributed by atoms with Crippen LogP contribution in [0.25, 0.3) is 10.9 Å². The van der Waals surface area contributed by atoms with Crippen molar-refractivity contribution in [3.05, 3.63) is 89.6 Å². The Morgan fingerprint density at radius 2 is 1.56 bits per heavy atom. The highest BCUT2D eigenvalue weighted by molar-refractivity contribution is 6.13. The van der Waals surface area contributed by atoms with Gasteiger partial charge in [-0.15, -0.1) is 0 Å². The number of amides is 2. The molecule has 0 aliphatic carbocycles. The van der Waals surface area contributed by atoms with E-state index in [0.29, 0.717) is 39.5 Å². The van der Waals surface area contributed by atoms with E-state index in [0.717, 1.165) is 5.39 Å². The number of aromatic amines is 1. The summed E-state index contributed by atoms with van der Waals surface area (Å²) in [5.41, 5.74) is 2.04. The van der Waals surface area contributed by atoms with E-state index in [2.05, 4.69) is 15.6 Å². The standard InChI is InChI=1S/C28H27N3O5/c1-28(2,3)36-27(34)24-15-18-9-12-19(16-23(18)30-24)29-26(33)21-7-5-6-8-22(21)31-25(32)17-10-13-20(35-4)14-11-17/h5-16,30H,1-4H3,(H,29,33)(H,31,32). The number of fused-ring (bicyclic) bond motifs is 1. The van der Waals surface area contributed by atoms with Crippen LogP contribution in [-0.2, 0) is 4.74 Å². The molecule has 8 nitrogen and oxygen atoms in total. The Labute approximate surface area is 208 Å². The second-order valence-corrected chi connectivity index (χ2v) is 9.17. The number of H-pyrrole nitrogens is 1. The number of aromatic nitrogens is 1. The van der Waals surface area contributed by atoms with Crippen LogP contribution in [0, 0.1) is 0 Å². The maximum absolute atomic E-state index is 13.1. The average molecular weight is 486 g/mol. The van der Waals surface area contributed by atoms with E-state index >= 15 is 0 Å². The molecule has 0 aliphatic rings. The van der Waals surface area contributed by atoms with Crippen molar-refractivity contribution in [1.82, 2.24) is 4.98 Å². The van der Waals surface area contributed by atoms with Gasteiger partial charge in [-0.1, -0.05) is 18.2 Å². The molecule has 0 unspecified atom stereocenters. The first-order chi connectivity index (χ1) is 17.1. The van der Waals surface area contributed by atoms with Crippen LogP contribution < -0.4 is 15.4 Å². The summed E-state index contributed by atoms with van der Waals surface area (Å²) in [6, 6.07) is 20.4. The van der Waals surface area contributed by atoms with E-state index < -0.39 is 11.6 Å². The summed E-state index contributed by atoms with van der Waals surface area (Å²) in [5, 5.41) is 6.46. The number of carbonyl (C=O) groups is 3. The molecule has 0 atom stereocenters. The number of hydrogen-bond acceptors (Lipinski definition) is 5. The molecule has 8 heteroatoms. The van der Waals surface area contributed by atoms with Gasteiger partial charge >= 0.3 is 5.97 Å². The summed E-state index contributed by atoms with van der Waals surface area (Å²) < 4.78 is 10.5. The van der Waals surface area contributed by atoms with Crippen LogP contribution in [0.1, 0.15) is 52.0 Å². The molecular formula is C28H27N3O5. The second kappa shape index (κ2) is 9.95. The molecule has 0 spiro atoms. The van der Waals surface area contributed by atoms with Crippen molar-refractivity contribution in [3.8, 4) is 5.75 Å². The molecule has 1 heterocycles. The number of para-hydroxylation sites is 1. The predicted molar refractivity (Wildman–Crippen MR) is 139 cm³/mol. The fraction of sp³-hybridized carbons (Fsp3) is 0.179. The predicted octanol–water partition coefficient (Wildman–Crippen LogP) is 5.64. The molecule has 2 amide bonds. The quantitative estimate of drug-likeness (QED) is 0.306. The number of ether oxygens (including phenoxy) is 2. The van der Waals surface area contributed by atoms with Crippen molar-refractivity contribution in [3.63, 3.8) is 0 Å². The SMILES string of the molecule is COc1ccc(C(=O)Nc2ccccc2C(=O)Nc2ccc3cc(C(=O)OC(C)(C)C)[nH]c3c2)cc1. The van der Waals surface area contributed by atoms with Gasteiger partial charge < -0.3 is 25.1 Å². The third-order valence-corrected chi connectivity index (χ3v) is 5.27. The van der Waals surface area contributed by atoms with Crippen LogP contribution >= 0.6 is 0 Å². The van der Waals surface area contributed by atoms with Crippen LogP contribution in [-0.4, -0.2) is 35.5 Å². The first kappa shape index (κ1) is 24.5. The van der Waals surface area contributed by atoms with Gasteiger partial charge in [0, 0.05) is 22.2 Å². The number of methoxy groups -OCH3 is 1. The normalized spacial score (nSPS) is 11.1. The van der Waals surface area contributed by atoms with E-state index in [1.165, 1.54) is 0 Å². The van der Waals surface area contributed by atoms with E-state index in [1.807, 2.05) is 0 Å². The summed E-state index contributed by atoms with van der Waals surface area (Å²) in [6.07, 6.45) is 0. The third kappa shape index (κ3) is 5.72. The Morgan fingerprint density at radius 1 is 0.833 bits per heavy atom. The molecule has 0 saturated carbocycles. The van der Waals surface area contributed by atoms with Crippen LogP contribution in [0.2, 0.25) is 0 Å². The van der Waals surface area contributed by atoms with E-state index in [1.54, 1.807) is 101 Å². The zero-order chi connectivity index (χ0) is 25.9. The van der Waals surface area contributed by atoms with Gasteiger partial charge in [-0.2, -0.15) is 0 Å². The van der Waals surface area contributed by atoms with Crippen LogP contribution in [0.3, 0.4) is 0 Å². The highest BCUT2D eigenvalue weighted by Gasteiger charge is 2.20. The van der Waals surface area contributed by atoms with Crippen molar-refractivity contribution in [2.45, 2.75) is 26.4 Å². The van der Waals surface area contributed by atoms with Crippen molar-refractivity contribution < 1.29 is 23.9 Å². The molecular weight excluding hydrogens is 458 g/mol. The lowest BCUT2D eigenvalue weighted by molar-refractivity contribution is 0.00636. The maximum Gasteiger partial charge on any atom is 0.355 e. The minimum Gasteiger partial charge on any atom is -0.497 e. The lowest BCUT2D eigenvalue weighted by atomic mass is 10.1.